The molecule has 200 valence electrons. The number of nitrogens with zero attached hydrogens (tertiary/aromatic N) is 3. The van der Waals surface area contributed by atoms with E-state index in [1.165, 1.54) is 33.0 Å². The summed E-state index contributed by atoms with van der Waals surface area (Å²) in [6.07, 6.45) is 0. The van der Waals surface area contributed by atoms with Crippen LogP contribution in [0.1, 0.15) is 22.7 Å². The smallest absolute Gasteiger partial charge is 0.145 e. The number of hydrogen-bond acceptors (Lipinski definition) is 5. The molecule has 0 radical (unpaired) electrons. The summed E-state index contributed by atoms with van der Waals surface area (Å²) < 4.78 is 7.56. The van der Waals surface area contributed by atoms with Crippen molar-refractivity contribution in [1.29, 1.82) is 0 Å². The largest absolute Gasteiger partial charge is 0.456 e. The molecule has 0 saturated heterocycles. The van der Waals surface area contributed by atoms with Gasteiger partial charge >= 0.3 is 0 Å². The monoisotopic (exact) mass is 567 g/mol. The van der Waals surface area contributed by atoms with Crippen LogP contribution in [0, 0.1) is 0 Å². The van der Waals surface area contributed by atoms with E-state index in [1.54, 1.807) is 11.3 Å². The van der Waals surface area contributed by atoms with Gasteiger partial charge < -0.3 is 4.42 Å². The average molecular weight is 568 g/mol. The molecule has 10 rings (SSSR count). The van der Waals surface area contributed by atoms with Crippen LogP contribution in [-0.2, 0) is 0 Å². The second-order valence-corrected chi connectivity index (χ2v) is 12.2. The van der Waals surface area contributed by atoms with Crippen molar-refractivity contribution in [3.05, 3.63) is 138 Å². The van der Waals surface area contributed by atoms with Gasteiger partial charge in [-0.2, -0.15) is 0 Å². The molecule has 1 unspecified atom stereocenters. The first-order valence-corrected chi connectivity index (χ1v) is 15.2. The summed E-state index contributed by atoms with van der Waals surface area (Å²) in [5, 5.41) is 5.58. The summed E-state index contributed by atoms with van der Waals surface area (Å²) in [5.41, 5.74) is 11.1. The first kappa shape index (κ1) is 23.2. The highest BCUT2D eigenvalue weighted by Crippen LogP contribution is 2.52. The number of para-hydroxylation sites is 4. The minimum absolute atomic E-state index is 0.133. The third-order valence-electron chi connectivity index (χ3n) is 8.75. The molecule has 4 nitrogen and oxygen atoms in total. The maximum Gasteiger partial charge on any atom is 0.145 e. The second-order valence-electron chi connectivity index (χ2n) is 11.2. The molecule has 5 heteroatoms. The lowest BCUT2D eigenvalue weighted by atomic mass is 9.90. The van der Waals surface area contributed by atoms with Crippen LogP contribution in [0.25, 0.3) is 75.8 Å². The van der Waals surface area contributed by atoms with Gasteiger partial charge in [-0.3, -0.25) is 0 Å². The van der Waals surface area contributed by atoms with Gasteiger partial charge in [0.25, 0.3) is 0 Å². The van der Waals surface area contributed by atoms with E-state index in [0.717, 1.165) is 59.6 Å². The van der Waals surface area contributed by atoms with Crippen molar-refractivity contribution in [2.24, 2.45) is 0 Å². The third kappa shape index (κ3) is 3.34. The zero-order valence-corrected chi connectivity index (χ0v) is 23.6. The zero-order valence-electron chi connectivity index (χ0n) is 22.8. The van der Waals surface area contributed by atoms with E-state index in [-0.39, 0.29) is 5.92 Å². The van der Waals surface area contributed by atoms with Crippen molar-refractivity contribution in [2.75, 3.05) is 0 Å². The number of thiazole rings is 1. The molecule has 3 aromatic heterocycles. The molecule has 0 amide bonds. The summed E-state index contributed by atoms with van der Waals surface area (Å²) in [4.78, 5) is 15.7. The highest BCUT2D eigenvalue weighted by Gasteiger charge is 2.35. The number of benzene rings is 6. The maximum atomic E-state index is 6.42. The van der Waals surface area contributed by atoms with E-state index in [4.69, 9.17) is 19.4 Å². The molecule has 0 N–H and O–H groups in total. The summed E-state index contributed by atoms with van der Waals surface area (Å²) in [6.45, 7) is 0. The van der Waals surface area contributed by atoms with Crippen LogP contribution in [0.4, 0.5) is 0 Å². The molecule has 0 aliphatic heterocycles. The molecule has 3 heterocycles. The van der Waals surface area contributed by atoms with Gasteiger partial charge in [-0.25, -0.2) is 15.0 Å². The highest BCUT2D eigenvalue weighted by atomic mass is 32.1. The SMILES string of the molecule is c1ccc2cc3c(cc2c1)-c1cc2c(cc1C3c1nc3ccccc3nc1-c1nc3ccccc3s1)oc1ccccc12. The Morgan fingerprint density at radius 2 is 1.21 bits per heavy atom. The van der Waals surface area contributed by atoms with Crippen molar-refractivity contribution in [1.82, 2.24) is 15.0 Å². The van der Waals surface area contributed by atoms with Crippen molar-refractivity contribution in [3.8, 4) is 21.8 Å². The van der Waals surface area contributed by atoms with Gasteiger partial charge in [0, 0.05) is 10.8 Å². The fraction of sp³-hybridized carbons (Fsp3) is 0.0263. The Bertz CT molecular complexity index is 2560. The normalized spacial score (nSPS) is 14.3. The minimum atomic E-state index is -0.133. The van der Waals surface area contributed by atoms with Gasteiger partial charge in [-0.05, 0) is 87.6 Å². The highest BCUT2D eigenvalue weighted by molar-refractivity contribution is 7.21. The van der Waals surface area contributed by atoms with E-state index >= 15 is 0 Å². The van der Waals surface area contributed by atoms with Crippen LogP contribution < -0.4 is 0 Å². The fourth-order valence-corrected chi connectivity index (χ4v) is 7.76. The number of furan rings is 1. The van der Waals surface area contributed by atoms with Crippen LogP contribution >= 0.6 is 11.3 Å². The Morgan fingerprint density at radius 3 is 2.07 bits per heavy atom. The minimum Gasteiger partial charge on any atom is -0.456 e. The number of rotatable bonds is 2. The molecule has 6 aromatic carbocycles. The summed E-state index contributed by atoms with van der Waals surface area (Å²) in [5.74, 6) is -0.133. The molecule has 0 bridgehead atoms. The van der Waals surface area contributed by atoms with Crippen LogP contribution in [0.3, 0.4) is 0 Å². The van der Waals surface area contributed by atoms with Gasteiger partial charge in [0.15, 0.2) is 0 Å². The van der Waals surface area contributed by atoms with Gasteiger partial charge in [0.1, 0.15) is 21.9 Å². The molecule has 0 fully saturated rings. The van der Waals surface area contributed by atoms with Crippen LogP contribution in [0.5, 0.6) is 0 Å². The molecule has 0 spiro atoms. The molecule has 0 saturated carbocycles. The maximum absolute atomic E-state index is 6.42. The van der Waals surface area contributed by atoms with Gasteiger partial charge in [-0.1, -0.05) is 66.7 Å². The molecule has 1 atom stereocenters. The summed E-state index contributed by atoms with van der Waals surface area (Å²) in [7, 11) is 0. The Morgan fingerprint density at radius 1 is 0.535 bits per heavy atom. The molecular weight excluding hydrogens is 547 g/mol. The van der Waals surface area contributed by atoms with Crippen molar-refractivity contribution >= 4 is 65.3 Å². The summed E-state index contributed by atoms with van der Waals surface area (Å²) >= 11 is 1.67. The van der Waals surface area contributed by atoms with E-state index in [1.807, 2.05) is 42.5 Å². The topological polar surface area (TPSA) is 51.8 Å². The first-order chi connectivity index (χ1) is 21.3. The number of hydrogen-bond donors (Lipinski definition) is 0. The lowest BCUT2D eigenvalue weighted by molar-refractivity contribution is 0.668. The quantitative estimate of drug-likeness (QED) is 0.209. The van der Waals surface area contributed by atoms with Crippen LogP contribution in [0.15, 0.2) is 126 Å². The lowest BCUT2D eigenvalue weighted by Crippen LogP contribution is -2.07. The van der Waals surface area contributed by atoms with Gasteiger partial charge in [-0.15, -0.1) is 11.3 Å². The molecule has 9 aromatic rings. The Hall–Kier alpha value is -5.39. The van der Waals surface area contributed by atoms with Gasteiger partial charge in [0.05, 0.1) is 32.9 Å². The van der Waals surface area contributed by atoms with Crippen LogP contribution in [0.2, 0.25) is 0 Å². The first-order valence-electron chi connectivity index (χ1n) is 14.4. The third-order valence-corrected chi connectivity index (χ3v) is 9.79. The van der Waals surface area contributed by atoms with Gasteiger partial charge in [0.2, 0.25) is 0 Å². The lowest BCUT2D eigenvalue weighted by Gasteiger charge is -2.17. The van der Waals surface area contributed by atoms with E-state index in [2.05, 4.69) is 78.9 Å². The van der Waals surface area contributed by atoms with Crippen molar-refractivity contribution < 1.29 is 4.42 Å². The number of fused-ring (bicyclic) bond motifs is 9. The Kier molecular flexibility index (Phi) is 4.62. The van der Waals surface area contributed by atoms with E-state index in [9.17, 15) is 0 Å². The molecule has 43 heavy (non-hydrogen) atoms. The van der Waals surface area contributed by atoms with Crippen molar-refractivity contribution in [3.63, 3.8) is 0 Å². The van der Waals surface area contributed by atoms with Crippen molar-refractivity contribution in [2.45, 2.75) is 5.92 Å². The Balaban J connectivity index is 1.32. The van der Waals surface area contributed by atoms with E-state index in [0.29, 0.717) is 0 Å². The summed E-state index contributed by atoms with van der Waals surface area (Å²) in [6, 6.07) is 42.5. The molecule has 1 aliphatic rings. The average Bonchev–Trinajstić information content (AvgIpc) is 3.73. The number of aromatic nitrogens is 3. The fourth-order valence-electron chi connectivity index (χ4n) is 6.80. The molecular formula is C38H21N3OS. The predicted molar refractivity (Wildman–Crippen MR) is 176 cm³/mol. The predicted octanol–water partition coefficient (Wildman–Crippen LogP) is 10.1. The second kappa shape index (κ2) is 8.57. The molecule has 1 aliphatic carbocycles. The van der Waals surface area contributed by atoms with E-state index < -0.39 is 0 Å². The Labute approximate surface area is 249 Å². The zero-order chi connectivity index (χ0) is 28.1. The van der Waals surface area contributed by atoms with Crippen LogP contribution in [-0.4, -0.2) is 15.0 Å². The standard InChI is InChI=1S/C38H21N3OS/c1-2-10-22-18-27-24(17-21(22)9-1)25-19-26-23-11-3-7-15-32(23)42-33(26)20-28(25)35(27)36-37(40-30-13-5-4-12-29(30)39-36)38-41-31-14-6-8-16-34(31)43-38/h1-20,35H.